The normalized spacial score (nSPS) is 23.2. The second kappa shape index (κ2) is 11.9. The molecule has 39 heavy (non-hydrogen) atoms. The number of anilines is 1. The number of hydrogen-bond donors (Lipinski definition) is 1. The smallest absolute Gasteiger partial charge is 0.209 e. The highest BCUT2D eigenvalue weighted by Gasteiger charge is 2.37. The number of hydrogen-bond acceptors (Lipinski definition) is 7. The maximum absolute atomic E-state index is 11.5. The lowest BCUT2D eigenvalue weighted by Crippen LogP contribution is -2.52. The lowest BCUT2D eigenvalue weighted by molar-refractivity contribution is 0.113. The minimum atomic E-state index is -3.44. The van der Waals surface area contributed by atoms with E-state index in [-0.39, 0.29) is 24.2 Å². The van der Waals surface area contributed by atoms with Crippen LogP contribution in [0.5, 0.6) is 0 Å². The summed E-state index contributed by atoms with van der Waals surface area (Å²) in [4.78, 5) is 14.7. The van der Waals surface area contributed by atoms with Gasteiger partial charge in [-0.1, -0.05) is 24.6 Å². The first kappa shape index (κ1) is 30.0. The van der Waals surface area contributed by atoms with E-state index in [1.807, 2.05) is 29.9 Å². The molecule has 5 rings (SSSR count). The third kappa shape index (κ3) is 6.35. The number of sulfonamides is 1. The van der Waals surface area contributed by atoms with Crippen LogP contribution in [0.15, 0.2) is 24.4 Å². The van der Waals surface area contributed by atoms with Crippen molar-refractivity contribution in [1.29, 1.82) is 0 Å². The standard InChI is InChI=1S/C27H38ClN7O2S.ClH/c1-17-14-21(28)7-8-23(17)20(4)35-27-26(19(3)32-35)30-15-25(31-27)33-12-9-24(18(2)16-33)34-11-5-6-22(34)10-13-38(29,36)37;/h7-8,14-15,18,20,22,24H,5-6,9-13,16H2,1-4H3,(H2,29,36,37);1H. The van der Waals surface area contributed by atoms with Crippen LogP contribution in [0.1, 0.15) is 62.4 Å². The number of aromatic nitrogens is 4. The van der Waals surface area contributed by atoms with Crippen LogP contribution in [-0.4, -0.2) is 70.5 Å². The Bertz CT molecular complexity index is 1430. The molecule has 12 heteroatoms. The summed E-state index contributed by atoms with van der Waals surface area (Å²) in [6, 6.07) is 6.66. The quantitative estimate of drug-likeness (QED) is 0.428. The molecule has 1 aromatic carbocycles. The molecular formula is C27H39Cl2N7O2S. The van der Waals surface area contributed by atoms with Crippen molar-refractivity contribution in [2.75, 3.05) is 30.3 Å². The first-order valence-electron chi connectivity index (χ1n) is 13.5. The minimum absolute atomic E-state index is 0. The van der Waals surface area contributed by atoms with Gasteiger partial charge in [0.2, 0.25) is 10.0 Å². The van der Waals surface area contributed by atoms with Crippen LogP contribution in [0.4, 0.5) is 5.82 Å². The molecule has 0 aliphatic carbocycles. The summed E-state index contributed by atoms with van der Waals surface area (Å²) >= 11 is 6.20. The Labute approximate surface area is 242 Å². The second-order valence-corrected chi connectivity index (χ2v) is 13.2. The van der Waals surface area contributed by atoms with Gasteiger partial charge in [0.15, 0.2) is 5.65 Å². The van der Waals surface area contributed by atoms with Gasteiger partial charge in [-0.3, -0.25) is 4.90 Å². The summed E-state index contributed by atoms with van der Waals surface area (Å²) in [5.74, 6) is 1.34. The molecule has 2 saturated heterocycles. The SMILES string of the molecule is Cc1cc(Cl)ccc1C(C)n1nc(C)c2ncc(N3CCC(N4CCCC4CCS(N)(=O)=O)C(C)C3)nc21.Cl. The Balaban J connectivity index is 0.00000353. The molecule has 4 unspecified atom stereocenters. The number of benzene rings is 1. The van der Waals surface area contributed by atoms with E-state index >= 15 is 0 Å². The molecule has 2 aliphatic rings. The Morgan fingerprint density at radius 3 is 2.67 bits per heavy atom. The molecule has 0 saturated carbocycles. The number of aryl methyl sites for hydroxylation is 2. The van der Waals surface area contributed by atoms with E-state index in [2.05, 4.69) is 36.6 Å². The lowest BCUT2D eigenvalue weighted by Gasteiger charge is -2.43. The molecule has 4 atom stereocenters. The van der Waals surface area contributed by atoms with E-state index in [1.165, 1.54) is 0 Å². The van der Waals surface area contributed by atoms with Crippen molar-refractivity contribution in [2.45, 2.75) is 71.5 Å². The molecule has 2 fully saturated rings. The van der Waals surface area contributed by atoms with Crippen molar-refractivity contribution in [1.82, 2.24) is 24.6 Å². The van der Waals surface area contributed by atoms with Crippen LogP contribution < -0.4 is 10.0 Å². The van der Waals surface area contributed by atoms with E-state index in [9.17, 15) is 8.42 Å². The highest BCUT2D eigenvalue weighted by molar-refractivity contribution is 7.89. The number of nitrogens with two attached hydrogens (primary N) is 1. The van der Waals surface area contributed by atoms with E-state index in [1.54, 1.807) is 0 Å². The Kier molecular flexibility index (Phi) is 9.12. The van der Waals surface area contributed by atoms with Gasteiger partial charge in [0.25, 0.3) is 0 Å². The molecular weight excluding hydrogens is 557 g/mol. The van der Waals surface area contributed by atoms with Gasteiger partial charge in [-0.15, -0.1) is 12.4 Å². The number of piperidine rings is 1. The van der Waals surface area contributed by atoms with Gasteiger partial charge in [0.1, 0.15) is 11.3 Å². The summed E-state index contributed by atoms with van der Waals surface area (Å²) in [6.45, 7) is 11.2. The molecule has 0 radical (unpaired) electrons. The first-order valence-corrected chi connectivity index (χ1v) is 15.6. The fourth-order valence-electron chi connectivity index (χ4n) is 6.44. The molecule has 2 aliphatic heterocycles. The van der Waals surface area contributed by atoms with E-state index < -0.39 is 10.0 Å². The second-order valence-electron chi connectivity index (χ2n) is 11.1. The Morgan fingerprint density at radius 2 is 1.97 bits per heavy atom. The maximum atomic E-state index is 11.5. The summed E-state index contributed by atoms with van der Waals surface area (Å²) in [5, 5.41) is 10.8. The van der Waals surface area contributed by atoms with Gasteiger partial charge < -0.3 is 4.90 Å². The lowest BCUT2D eigenvalue weighted by atomic mass is 9.91. The van der Waals surface area contributed by atoms with Gasteiger partial charge >= 0.3 is 0 Å². The number of rotatable bonds is 7. The van der Waals surface area contributed by atoms with Crippen molar-refractivity contribution in [3.05, 3.63) is 46.2 Å². The molecule has 2 N–H and O–H groups in total. The van der Waals surface area contributed by atoms with E-state index in [4.69, 9.17) is 31.8 Å². The number of halogens is 2. The van der Waals surface area contributed by atoms with Crippen LogP contribution in [0.25, 0.3) is 11.2 Å². The summed E-state index contributed by atoms with van der Waals surface area (Å²) in [5.41, 5.74) is 4.76. The number of fused-ring (bicyclic) bond motifs is 1. The van der Waals surface area contributed by atoms with Gasteiger partial charge in [0.05, 0.1) is 23.7 Å². The van der Waals surface area contributed by atoms with Crippen LogP contribution in [-0.2, 0) is 10.0 Å². The summed E-state index contributed by atoms with van der Waals surface area (Å²) in [6.07, 6.45) is 5.64. The fourth-order valence-corrected chi connectivity index (χ4v) is 7.27. The summed E-state index contributed by atoms with van der Waals surface area (Å²) < 4.78 is 25.0. The zero-order valence-electron chi connectivity index (χ0n) is 23.0. The average molecular weight is 597 g/mol. The average Bonchev–Trinajstić information content (AvgIpc) is 3.46. The third-order valence-corrected chi connectivity index (χ3v) is 9.42. The first-order chi connectivity index (χ1) is 18.0. The van der Waals surface area contributed by atoms with E-state index in [0.29, 0.717) is 24.4 Å². The highest BCUT2D eigenvalue weighted by Crippen LogP contribution is 2.33. The zero-order chi connectivity index (χ0) is 27.2. The molecule has 4 heterocycles. The minimum Gasteiger partial charge on any atom is -0.355 e. The largest absolute Gasteiger partial charge is 0.355 e. The molecule has 0 spiro atoms. The van der Waals surface area contributed by atoms with Gasteiger partial charge in [-0.25, -0.2) is 28.2 Å². The van der Waals surface area contributed by atoms with Gasteiger partial charge in [0, 0.05) is 30.2 Å². The zero-order valence-corrected chi connectivity index (χ0v) is 25.4. The van der Waals surface area contributed by atoms with Gasteiger partial charge in [-0.2, -0.15) is 5.10 Å². The summed E-state index contributed by atoms with van der Waals surface area (Å²) in [7, 11) is -3.44. The fraction of sp³-hybridized carbons (Fsp3) is 0.593. The number of primary sulfonamides is 1. The van der Waals surface area contributed by atoms with Crippen LogP contribution in [0.3, 0.4) is 0 Å². The third-order valence-electron chi connectivity index (χ3n) is 8.38. The number of likely N-dealkylation sites (tertiary alicyclic amines) is 1. The van der Waals surface area contributed by atoms with Crippen LogP contribution in [0.2, 0.25) is 5.02 Å². The molecule has 3 aromatic rings. The molecule has 9 nitrogen and oxygen atoms in total. The number of nitrogens with zero attached hydrogens (tertiary/aromatic N) is 6. The van der Waals surface area contributed by atoms with Crippen molar-refractivity contribution in [3.63, 3.8) is 0 Å². The Morgan fingerprint density at radius 1 is 1.21 bits per heavy atom. The predicted octanol–water partition coefficient (Wildman–Crippen LogP) is 4.49. The molecule has 214 valence electrons. The monoisotopic (exact) mass is 595 g/mol. The van der Waals surface area contributed by atoms with Crippen LogP contribution in [0, 0.1) is 19.8 Å². The van der Waals surface area contributed by atoms with Crippen molar-refractivity contribution >= 4 is 51.0 Å². The van der Waals surface area contributed by atoms with Crippen molar-refractivity contribution in [2.24, 2.45) is 11.1 Å². The Hall–Kier alpha value is -1.98. The maximum Gasteiger partial charge on any atom is 0.209 e. The van der Waals surface area contributed by atoms with E-state index in [0.717, 1.165) is 77.7 Å². The van der Waals surface area contributed by atoms with Gasteiger partial charge in [-0.05, 0) is 82.2 Å². The predicted molar refractivity (Wildman–Crippen MR) is 159 cm³/mol. The molecule has 0 bridgehead atoms. The van der Waals surface area contributed by atoms with Crippen LogP contribution >= 0.6 is 24.0 Å². The molecule has 0 amide bonds. The van der Waals surface area contributed by atoms with Crippen molar-refractivity contribution in [3.8, 4) is 0 Å². The molecule has 2 aromatic heterocycles. The highest BCUT2D eigenvalue weighted by atomic mass is 35.5. The van der Waals surface area contributed by atoms with Crippen molar-refractivity contribution < 1.29 is 8.42 Å². The topological polar surface area (TPSA) is 110 Å².